The predicted octanol–water partition coefficient (Wildman–Crippen LogP) is 2.03. The second-order valence-electron chi connectivity index (χ2n) is 6.36. The van der Waals surface area contributed by atoms with Crippen LogP contribution in [0.1, 0.15) is 48.0 Å². The van der Waals surface area contributed by atoms with Crippen LogP contribution < -0.4 is 10.6 Å². The zero-order valence-electron chi connectivity index (χ0n) is 14.7. The van der Waals surface area contributed by atoms with Gasteiger partial charge in [0.1, 0.15) is 18.2 Å². The summed E-state index contributed by atoms with van der Waals surface area (Å²) < 4.78 is 9.95. The van der Waals surface area contributed by atoms with Crippen LogP contribution >= 0.6 is 12.4 Å². The van der Waals surface area contributed by atoms with Crippen molar-refractivity contribution >= 4 is 30.4 Å². The molecule has 0 rings (SSSR count). The van der Waals surface area contributed by atoms with Crippen molar-refractivity contribution < 1.29 is 23.9 Å². The van der Waals surface area contributed by atoms with Gasteiger partial charge in [-0.2, -0.15) is 0 Å². The second-order valence-corrected chi connectivity index (χ2v) is 6.36. The van der Waals surface area contributed by atoms with E-state index in [0.717, 1.165) is 0 Å². The van der Waals surface area contributed by atoms with Gasteiger partial charge in [0.15, 0.2) is 0 Å². The molecule has 0 fully saturated rings. The number of alkyl carbamates (subject to hydrolysis) is 1. The number of carbonyl (C=O) groups is 3. The Labute approximate surface area is 144 Å². The van der Waals surface area contributed by atoms with Crippen molar-refractivity contribution in [2.75, 3.05) is 13.2 Å². The largest absolute Gasteiger partial charge is 0.464 e. The van der Waals surface area contributed by atoms with Crippen molar-refractivity contribution in [3.8, 4) is 0 Å². The number of rotatable bonds is 7. The first-order valence-electron chi connectivity index (χ1n) is 7.48. The summed E-state index contributed by atoms with van der Waals surface area (Å²) in [4.78, 5) is 35.1. The molecule has 0 spiro atoms. The number of nitrogens with one attached hydrogen (secondary N) is 2. The molecular formula is C15H29ClN2O5. The molecule has 0 saturated heterocycles. The molecule has 0 aromatic rings. The maximum absolute atomic E-state index is 11.8. The van der Waals surface area contributed by atoms with Crippen LogP contribution in [0.3, 0.4) is 0 Å². The van der Waals surface area contributed by atoms with Crippen molar-refractivity contribution in [3.05, 3.63) is 0 Å². The number of carbonyl (C=O) groups excluding carboxylic acids is 3. The van der Waals surface area contributed by atoms with Gasteiger partial charge in [0, 0.05) is 0 Å². The molecule has 0 unspecified atom stereocenters. The maximum atomic E-state index is 11.8. The first kappa shape index (κ1) is 23.8. The monoisotopic (exact) mass is 352 g/mol. The average Bonchev–Trinajstić information content (AvgIpc) is 2.33. The normalized spacial score (nSPS) is 12.0. The minimum atomic E-state index is -0.715. The molecule has 0 saturated carbocycles. The summed E-state index contributed by atoms with van der Waals surface area (Å²) in [6.07, 6.45) is -0.212. The maximum Gasteiger partial charge on any atom is 0.408 e. The summed E-state index contributed by atoms with van der Waals surface area (Å²) in [5.74, 6) is -0.722. The van der Waals surface area contributed by atoms with Crippen LogP contribution in [0.25, 0.3) is 0 Å². The zero-order chi connectivity index (χ0) is 17.3. The van der Waals surface area contributed by atoms with Gasteiger partial charge in [0.2, 0.25) is 5.91 Å². The Morgan fingerprint density at radius 1 is 1.13 bits per heavy atom. The van der Waals surface area contributed by atoms with E-state index < -0.39 is 29.6 Å². The molecule has 0 aliphatic carbocycles. The van der Waals surface area contributed by atoms with Crippen LogP contribution in [0.4, 0.5) is 4.79 Å². The average molecular weight is 353 g/mol. The molecule has 8 heteroatoms. The molecule has 136 valence electrons. The predicted molar refractivity (Wildman–Crippen MR) is 89.5 cm³/mol. The Morgan fingerprint density at radius 2 is 1.70 bits per heavy atom. The summed E-state index contributed by atoms with van der Waals surface area (Å²) in [5, 5.41) is 4.91. The molecule has 0 aliphatic rings. The Hall–Kier alpha value is -1.50. The van der Waals surface area contributed by atoms with Gasteiger partial charge in [0.05, 0.1) is 6.61 Å². The summed E-state index contributed by atoms with van der Waals surface area (Å²) >= 11 is 0. The summed E-state index contributed by atoms with van der Waals surface area (Å²) in [6.45, 7) is 10.8. The van der Waals surface area contributed by atoms with Crippen molar-refractivity contribution in [1.29, 1.82) is 0 Å². The van der Waals surface area contributed by atoms with Gasteiger partial charge >= 0.3 is 12.1 Å². The number of hydrogen-bond acceptors (Lipinski definition) is 5. The molecule has 23 heavy (non-hydrogen) atoms. The van der Waals surface area contributed by atoms with E-state index in [1.807, 2.05) is 13.8 Å². The topological polar surface area (TPSA) is 93.7 Å². The van der Waals surface area contributed by atoms with Crippen molar-refractivity contribution in [2.24, 2.45) is 5.92 Å². The highest BCUT2D eigenvalue weighted by atomic mass is 35.5. The molecule has 0 heterocycles. The van der Waals surface area contributed by atoms with Crippen molar-refractivity contribution in [1.82, 2.24) is 10.6 Å². The fourth-order valence-corrected chi connectivity index (χ4v) is 1.64. The molecule has 0 aliphatic heterocycles. The van der Waals surface area contributed by atoms with Crippen LogP contribution in [0.15, 0.2) is 0 Å². The number of hydrogen-bond donors (Lipinski definition) is 2. The highest BCUT2D eigenvalue weighted by molar-refractivity contribution is 5.87. The third-order valence-electron chi connectivity index (χ3n) is 2.41. The van der Waals surface area contributed by atoms with E-state index in [2.05, 4.69) is 10.6 Å². The molecule has 2 amide bonds. The summed E-state index contributed by atoms with van der Waals surface area (Å²) in [5.41, 5.74) is -0.633. The molecule has 0 aromatic carbocycles. The fourth-order valence-electron chi connectivity index (χ4n) is 1.64. The Morgan fingerprint density at radius 3 is 2.13 bits per heavy atom. The van der Waals surface area contributed by atoms with Crippen LogP contribution in [0.5, 0.6) is 0 Å². The third-order valence-corrected chi connectivity index (χ3v) is 2.41. The van der Waals surface area contributed by atoms with Gasteiger partial charge < -0.3 is 20.1 Å². The number of esters is 1. The first-order chi connectivity index (χ1) is 10.0. The van der Waals surface area contributed by atoms with E-state index in [1.165, 1.54) is 0 Å². The smallest absolute Gasteiger partial charge is 0.408 e. The second kappa shape index (κ2) is 11.1. The minimum Gasteiger partial charge on any atom is -0.464 e. The van der Waals surface area contributed by atoms with Gasteiger partial charge in [-0.25, -0.2) is 9.59 Å². The Bertz CT molecular complexity index is 394. The minimum absolute atomic E-state index is 0. The van der Waals surface area contributed by atoms with Crippen LogP contribution in [0.2, 0.25) is 0 Å². The van der Waals surface area contributed by atoms with E-state index in [0.29, 0.717) is 6.42 Å². The van der Waals surface area contributed by atoms with Gasteiger partial charge in [-0.1, -0.05) is 13.8 Å². The van der Waals surface area contributed by atoms with Crippen LogP contribution in [0, 0.1) is 5.92 Å². The lowest BCUT2D eigenvalue weighted by Crippen LogP contribution is -2.47. The van der Waals surface area contributed by atoms with Gasteiger partial charge in [-0.05, 0) is 40.0 Å². The Kier molecular flexibility index (Phi) is 11.5. The molecule has 2 N–H and O–H groups in total. The lowest BCUT2D eigenvalue weighted by atomic mass is 10.0. The SMILES string of the molecule is CCOC(=O)[C@H](CC(C)C)NC(=O)CNC(=O)OC(C)(C)C.Cl. The quantitative estimate of drug-likeness (QED) is 0.684. The van der Waals surface area contributed by atoms with Gasteiger partial charge in [0.25, 0.3) is 0 Å². The highest BCUT2D eigenvalue weighted by Gasteiger charge is 2.23. The lowest BCUT2D eigenvalue weighted by Gasteiger charge is -2.21. The Balaban J connectivity index is 0. The standard InChI is InChI=1S/C15H28N2O5.ClH/c1-7-21-13(19)11(8-10(2)3)17-12(18)9-16-14(20)22-15(4,5)6;/h10-11H,7-9H2,1-6H3,(H,16,20)(H,17,18);1H/t11-;/m0./s1. The fraction of sp³-hybridized carbons (Fsp3) is 0.800. The van der Waals surface area contributed by atoms with E-state index in [9.17, 15) is 14.4 Å². The molecule has 0 bridgehead atoms. The molecule has 0 aromatic heterocycles. The first-order valence-corrected chi connectivity index (χ1v) is 7.48. The number of amides is 2. The lowest BCUT2D eigenvalue weighted by molar-refractivity contribution is -0.147. The van der Waals surface area contributed by atoms with Gasteiger partial charge in [-0.3, -0.25) is 4.79 Å². The third kappa shape index (κ3) is 12.7. The highest BCUT2D eigenvalue weighted by Crippen LogP contribution is 2.07. The van der Waals surface area contributed by atoms with Crippen LogP contribution in [-0.4, -0.2) is 42.8 Å². The van der Waals surface area contributed by atoms with E-state index in [1.54, 1.807) is 27.7 Å². The molecule has 1 atom stereocenters. The molecule has 0 radical (unpaired) electrons. The van der Waals surface area contributed by atoms with Crippen molar-refractivity contribution in [2.45, 2.75) is 59.6 Å². The number of ether oxygens (including phenoxy) is 2. The molecular weight excluding hydrogens is 324 g/mol. The van der Waals surface area contributed by atoms with Gasteiger partial charge in [-0.15, -0.1) is 12.4 Å². The van der Waals surface area contributed by atoms with E-state index in [-0.39, 0.29) is 31.5 Å². The van der Waals surface area contributed by atoms with E-state index in [4.69, 9.17) is 9.47 Å². The zero-order valence-corrected chi connectivity index (χ0v) is 15.5. The van der Waals surface area contributed by atoms with Crippen LogP contribution in [-0.2, 0) is 19.1 Å². The summed E-state index contributed by atoms with van der Waals surface area (Å²) in [6, 6.07) is -0.715. The molecule has 7 nitrogen and oxygen atoms in total. The number of halogens is 1. The van der Waals surface area contributed by atoms with Crippen molar-refractivity contribution in [3.63, 3.8) is 0 Å². The van der Waals surface area contributed by atoms with E-state index >= 15 is 0 Å². The summed E-state index contributed by atoms with van der Waals surface area (Å²) in [7, 11) is 0.